The van der Waals surface area contributed by atoms with Crippen LogP contribution in [-0.2, 0) is 20.7 Å². The van der Waals surface area contributed by atoms with Crippen LogP contribution in [0, 0.1) is 0 Å². The van der Waals surface area contributed by atoms with Crippen molar-refractivity contribution in [1.82, 2.24) is 0 Å². The summed E-state index contributed by atoms with van der Waals surface area (Å²) in [5, 5.41) is 0. The molecule has 0 fully saturated rings. The predicted molar refractivity (Wildman–Crippen MR) is 73.8 cm³/mol. The van der Waals surface area contributed by atoms with Crippen molar-refractivity contribution in [3.8, 4) is 0 Å². The van der Waals surface area contributed by atoms with Gasteiger partial charge in [0.2, 0.25) is 0 Å². The summed E-state index contributed by atoms with van der Waals surface area (Å²) in [6.07, 6.45) is 6.63. The van der Waals surface area contributed by atoms with Crippen molar-refractivity contribution >= 4 is 5.97 Å². The summed E-state index contributed by atoms with van der Waals surface area (Å²) >= 11 is 0. The first-order chi connectivity index (χ1) is 9.31. The molecule has 0 N–H and O–H groups in total. The lowest BCUT2D eigenvalue weighted by Gasteiger charge is -2.25. The Hall–Kier alpha value is -1.61. The van der Waals surface area contributed by atoms with Crippen molar-refractivity contribution in [2.24, 2.45) is 0 Å². The van der Waals surface area contributed by atoms with Crippen LogP contribution in [0.25, 0.3) is 0 Å². The SMILES string of the molecule is CCOC(=O)/C=C/COC1CCCc2ccccc21. The maximum Gasteiger partial charge on any atom is 0.330 e. The first-order valence-electron chi connectivity index (χ1n) is 6.84. The summed E-state index contributed by atoms with van der Waals surface area (Å²) in [5.41, 5.74) is 2.67. The zero-order chi connectivity index (χ0) is 13.5. The average molecular weight is 260 g/mol. The smallest absolute Gasteiger partial charge is 0.330 e. The highest BCUT2D eigenvalue weighted by atomic mass is 16.5. The van der Waals surface area contributed by atoms with E-state index in [9.17, 15) is 4.79 Å². The molecule has 1 aromatic carbocycles. The van der Waals surface area contributed by atoms with Gasteiger partial charge >= 0.3 is 5.97 Å². The van der Waals surface area contributed by atoms with Gasteiger partial charge in [-0.1, -0.05) is 30.3 Å². The molecule has 1 aliphatic carbocycles. The topological polar surface area (TPSA) is 35.5 Å². The van der Waals surface area contributed by atoms with Gasteiger partial charge in [0.05, 0.1) is 19.3 Å². The van der Waals surface area contributed by atoms with Gasteiger partial charge in [0.25, 0.3) is 0 Å². The highest BCUT2D eigenvalue weighted by molar-refractivity contribution is 5.81. The maximum atomic E-state index is 11.1. The number of rotatable bonds is 5. The molecule has 1 aliphatic rings. The number of fused-ring (bicyclic) bond motifs is 1. The second kappa shape index (κ2) is 7.10. The van der Waals surface area contributed by atoms with Crippen LogP contribution in [0.3, 0.4) is 0 Å². The van der Waals surface area contributed by atoms with Crippen molar-refractivity contribution in [2.75, 3.05) is 13.2 Å². The predicted octanol–water partition coefficient (Wildman–Crippen LogP) is 3.20. The Labute approximate surface area is 114 Å². The van der Waals surface area contributed by atoms with E-state index in [1.54, 1.807) is 13.0 Å². The number of carbonyl (C=O) groups is 1. The number of carbonyl (C=O) groups excluding carboxylic acids is 1. The monoisotopic (exact) mass is 260 g/mol. The first kappa shape index (κ1) is 13.8. The van der Waals surface area contributed by atoms with Crippen LogP contribution in [0.5, 0.6) is 0 Å². The second-order valence-corrected chi connectivity index (χ2v) is 4.57. The van der Waals surface area contributed by atoms with E-state index in [1.165, 1.54) is 17.2 Å². The summed E-state index contributed by atoms with van der Waals surface area (Å²) in [6.45, 7) is 2.64. The van der Waals surface area contributed by atoms with E-state index >= 15 is 0 Å². The van der Waals surface area contributed by atoms with Crippen molar-refractivity contribution in [3.63, 3.8) is 0 Å². The van der Waals surface area contributed by atoms with Crippen LogP contribution in [0.15, 0.2) is 36.4 Å². The molecule has 3 heteroatoms. The molecular weight excluding hydrogens is 240 g/mol. The van der Waals surface area contributed by atoms with Crippen LogP contribution >= 0.6 is 0 Å². The Morgan fingerprint density at radius 2 is 2.26 bits per heavy atom. The Morgan fingerprint density at radius 1 is 1.42 bits per heavy atom. The zero-order valence-electron chi connectivity index (χ0n) is 11.3. The van der Waals surface area contributed by atoms with E-state index in [1.807, 2.05) is 0 Å². The van der Waals surface area contributed by atoms with Gasteiger partial charge in [0, 0.05) is 6.08 Å². The third-order valence-corrected chi connectivity index (χ3v) is 3.25. The summed E-state index contributed by atoms with van der Waals surface area (Å²) in [5.74, 6) is -0.310. The molecule has 0 heterocycles. The highest BCUT2D eigenvalue weighted by Gasteiger charge is 2.19. The first-order valence-corrected chi connectivity index (χ1v) is 6.84. The van der Waals surface area contributed by atoms with E-state index in [0.717, 1.165) is 19.3 Å². The average Bonchev–Trinajstić information content (AvgIpc) is 2.44. The van der Waals surface area contributed by atoms with Crippen molar-refractivity contribution in [1.29, 1.82) is 0 Å². The molecule has 1 unspecified atom stereocenters. The van der Waals surface area contributed by atoms with E-state index in [4.69, 9.17) is 9.47 Å². The fraction of sp³-hybridized carbons (Fsp3) is 0.438. The number of benzene rings is 1. The molecule has 1 aromatic rings. The van der Waals surface area contributed by atoms with Gasteiger partial charge in [-0.2, -0.15) is 0 Å². The zero-order valence-corrected chi connectivity index (χ0v) is 11.3. The van der Waals surface area contributed by atoms with Gasteiger partial charge in [0.1, 0.15) is 0 Å². The Morgan fingerprint density at radius 3 is 3.11 bits per heavy atom. The van der Waals surface area contributed by atoms with Crippen LogP contribution in [0.2, 0.25) is 0 Å². The van der Waals surface area contributed by atoms with Gasteiger partial charge in [-0.25, -0.2) is 4.79 Å². The molecule has 0 aromatic heterocycles. The van der Waals surface area contributed by atoms with Gasteiger partial charge < -0.3 is 9.47 Å². The summed E-state index contributed by atoms with van der Waals surface area (Å²) < 4.78 is 10.7. The summed E-state index contributed by atoms with van der Waals surface area (Å²) in [6, 6.07) is 8.42. The number of hydrogen-bond acceptors (Lipinski definition) is 3. The van der Waals surface area contributed by atoms with Crippen molar-refractivity contribution in [2.45, 2.75) is 32.3 Å². The Kier molecular flexibility index (Phi) is 5.16. The third-order valence-electron chi connectivity index (χ3n) is 3.25. The molecule has 102 valence electrons. The van der Waals surface area contributed by atoms with E-state index in [2.05, 4.69) is 24.3 Å². The Bertz CT molecular complexity index is 451. The fourth-order valence-corrected chi connectivity index (χ4v) is 2.39. The standard InChI is InChI=1S/C16H20O3/c1-2-18-16(17)11-6-12-19-15-10-5-8-13-7-3-4-9-14(13)15/h3-4,6-7,9,11,15H,2,5,8,10,12H2,1H3/b11-6+. The normalized spacial score (nSPS) is 18.3. The van der Waals surface area contributed by atoms with Gasteiger partial charge in [-0.05, 0) is 37.3 Å². The number of esters is 1. The van der Waals surface area contributed by atoms with Crippen molar-refractivity contribution in [3.05, 3.63) is 47.5 Å². The number of aryl methyl sites for hydroxylation is 1. The minimum absolute atomic E-state index is 0.150. The maximum absolute atomic E-state index is 11.1. The van der Waals surface area contributed by atoms with E-state index in [-0.39, 0.29) is 12.1 Å². The molecule has 0 aliphatic heterocycles. The molecule has 0 saturated carbocycles. The van der Waals surface area contributed by atoms with E-state index in [0.29, 0.717) is 13.2 Å². The molecule has 0 spiro atoms. The van der Waals surface area contributed by atoms with Crippen LogP contribution in [0.1, 0.15) is 37.0 Å². The van der Waals surface area contributed by atoms with Crippen LogP contribution in [0.4, 0.5) is 0 Å². The minimum Gasteiger partial charge on any atom is -0.463 e. The number of ether oxygens (including phenoxy) is 2. The fourth-order valence-electron chi connectivity index (χ4n) is 2.39. The molecule has 0 amide bonds. The number of hydrogen-bond donors (Lipinski definition) is 0. The Balaban J connectivity index is 1.86. The summed E-state index contributed by atoms with van der Waals surface area (Å²) in [4.78, 5) is 11.1. The minimum atomic E-state index is -0.310. The molecule has 2 rings (SSSR count). The second-order valence-electron chi connectivity index (χ2n) is 4.57. The molecule has 19 heavy (non-hydrogen) atoms. The summed E-state index contributed by atoms with van der Waals surface area (Å²) in [7, 11) is 0. The largest absolute Gasteiger partial charge is 0.463 e. The van der Waals surface area contributed by atoms with Gasteiger partial charge in [-0.15, -0.1) is 0 Å². The lowest BCUT2D eigenvalue weighted by molar-refractivity contribution is -0.137. The quantitative estimate of drug-likeness (QED) is 0.602. The molecule has 0 saturated heterocycles. The molecule has 0 bridgehead atoms. The van der Waals surface area contributed by atoms with E-state index < -0.39 is 0 Å². The van der Waals surface area contributed by atoms with Gasteiger partial charge in [0.15, 0.2) is 0 Å². The van der Waals surface area contributed by atoms with Gasteiger partial charge in [-0.3, -0.25) is 0 Å². The molecule has 1 atom stereocenters. The van der Waals surface area contributed by atoms with Crippen LogP contribution < -0.4 is 0 Å². The lowest BCUT2D eigenvalue weighted by Crippen LogP contribution is -2.13. The van der Waals surface area contributed by atoms with Crippen molar-refractivity contribution < 1.29 is 14.3 Å². The molecule has 0 radical (unpaired) electrons. The van der Waals surface area contributed by atoms with Crippen LogP contribution in [-0.4, -0.2) is 19.2 Å². The molecular formula is C16H20O3. The lowest BCUT2D eigenvalue weighted by atomic mass is 9.89. The molecule has 3 nitrogen and oxygen atoms in total. The highest BCUT2D eigenvalue weighted by Crippen LogP contribution is 2.32. The third kappa shape index (κ3) is 3.93.